The van der Waals surface area contributed by atoms with E-state index in [9.17, 15) is 4.79 Å². The molecule has 2 bridgehead atoms. The number of nitrogens with one attached hydrogen (secondary N) is 1. The second-order valence-corrected chi connectivity index (χ2v) is 11.3. The Morgan fingerprint density at radius 3 is 2.95 bits per heavy atom. The third kappa shape index (κ3) is 4.14. The maximum atomic E-state index is 12.7. The van der Waals surface area contributed by atoms with E-state index in [0.717, 1.165) is 34.5 Å². The summed E-state index contributed by atoms with van der Waals surface area (Å²) in [4.78, 5) is 35.2. The molecule has 8 rings (SSSR count). The smallest absolute Gasteiger partial charge is 0.246 e. The lowest BCUT2D eigenvalue weighted by Gasteiger charge is -2.49. The van der Waals surface area contributed by atoms with Gasteiger partial charge in [-0.2, -0.15) is 0 Å². The first-order valence-corrected chi connectivity index (χ1v) is 14.1. The fourth-order valence-electron chi connectivity index (χ4n) is 6.35. The van der Waals surface area contributed by atoms with Crippen LogP contribution in [0.2, 0.25) is 0 Å². The number of aromatic nitrogens is 7. The van der Waals surface area contributed by atoms with E-state index in [1.807, 2.05) is 55.3 Å². The second kappa shape index (κ2) is 9.42. The van der Waals surface area contributed by atoms with Crippen molar-refractivity contribution in [2.24, 2.45) is 7.05 Å². The number of aryl methyl sites for hydroxylation is 2. The van der Waals surface area contributed by atoms with Gasteiger partial charge in [0.15, 0.2) is 5.82 Å². The summed E-state index contributed by atoms with van der Waals surface area (Å²) in [6, 6.07) is 11.5. The topological polar surface area (TPSA) is 136 Å². The third-order valence-corrected chi connectivity index (χ3v) is 8.52. The van der Waals surface area contributed by atoms with E-state index < -0.39 is 0 Å². The van der Waals surface area contributed by atoms with Gasteiger partial charge in [0.2, 0.25) is 11.9 Å². The Hall–Kier alpha value is -5.17. The van der Waals surface area contributed by atoms with Crippen molar-refractivity contribution < 1.29 is 14.3 Å². The molecule has 5 aromatic rings. The maximum absolute atomic E-state index is 12.7. The van der Waals surface area contributed by atoms with Gasteiger partial charge in [0.1, 0.15) is 34.4 Å². The van der Waals surface area contributed by atoms with Crippen LogP contribution in [0.25, 0.3) is 22.1 Å². The molecule has 43 heavy (non-hydrogen) atoms. The summed E-state index contributed by atoms with van der Waals surface area (Å²) in [5.74, 6) is 2.51. The molecule has 1 N–H and O–H groups in total. The number of nitrogens with zero attached hydrogens (tertiary/aromatic N) is 9. The predicted octanol–water partition coefficient (Wildman–Crippen LogP) is 3.29. The van der Waals surface area contributed by atoms with E-state index in [2.05, 4.69) is 42.1 Å². The number of anilines is 3. The normalized spacial score (nSPS) is 22.4. The van der Waals surface area contributed by atoms with Crippen LogP contribution in [-0.2, 0) is 16.6 Å². The second-order valence-electron chi connectivity index (χ2n) is 11.3. The Morgan fingerprint density at radius 2 is 2.09 bits per heavy atom. The molecule has 13 nitrogen and oxygen atoms in total. The molecule has 5 heterocycles. The van der Waals surface area contributed by atoms with Crippen LogP contribution in [0.4, 0.5) is 17.5 Å². The first kappa shape index (κ1) is 25.5. The molecule has 2 aromatic carbocycles. The highest BCUT2D eigenvalue weighted by atomic mass is 16.5. The summed E-state index contributed by atoms with van der Waals surface area (Å²) in [5.41, 5.74) is 4.36. The molecule has 13 heteroatoms. The van der Waals surface area contributed by atoms with Gasteiger partial charge in [-0.25, -0.2) is 24.6 Å². The van der Waals surface area contributed by atoms with Crippen LogP contribution in [0.5, 0.6) is 11.5 Å². The zero-order valence-electron chi connectivity index (χ0n) is 23.6. The van der Waals surface area contributed by atoms with Crippen LogP contribution in [0, 0.1) is 6.92 Å². The van der Waals surface area contributed by atoms with Gasteiger partial charge in [0, 0.05) is 38.3 Å². The summed E-state index contributed by atoms with van der Waals surface area (Å²) in [7, 11) is 1.86. The average molecular weight is 577 g/mol. The van der Waals surface area contributed by atoms with E-state index in [0.29, 0.717) is 48.2 Å². The molecule has 1 saturated carbocycles. The zero-order chi connectivity index (χ0) is 29.3. The van der Waals surface area contributed by atoms with Crippen molar-refractivity contribution in [2.75, 3.05) is 29.9 Å². The molecule has 3 fully saturated rings. The summed E-state index contributed by atoms with van der Waals surface area (Å²) >= 11 is 0. The number of morpholine rings is 1. The highest BCUT2D eigenvalue weighted by molar-refractivity contribution is 5.89. The van der Waals surface area contributed by atoms with Crippen LogP contribution in [0.1, 0.15) is 12.0 Å². The Labute approximate surface area is 246 Å². The zero-order valence-corrected chi connectivity index (χ0v) is 23.6. The number of hydrogen-bond acceptors (Lipinski definition) is 11. The SMILES string of the molecule is C=CC(=O)N1[C@H]2COC3CC31CN(c1ncc3ncnc(Nc4ccc(Oc5ccc6c(c5)nnn6C)c(C)c4)c3n1)C2. The molecule has 2 saturated heterocycles. The molecule has 2 unspecified atom stereocenters. The first-order chi connectivity index (χ1) is 20.9. The van der Waals surface area contributed by atoms with Gasteiger partial charge in [0.25, 0.3) is 0 Å². The molecule has 1 spiro atoms. The van der Waals surface area contributed by atoms with Crippen molar-refractivity contribution in [1.82, 2.24) is 39.8 Å². The largest absolute Gasteiger partial charge is 0.457 e. The van der Waals surface area contributed by atoms with E-state index in [4.69, 9.17) is 14.5 Å². The van der Waals surface area contributed by atoms with E-state index >= 15 is 0 Å². The van der Waals surface area contributed by atoms with Crippen molar-refractivity contribution in [3.8, 4) is 11.5 Å². The maximum Gasteiger partial charge on any atom is 0.246 e. The molecular formula is C30H28N10O3. The van der Waals surface area contributed by atoms with Crippen LogP contribution >= 0.6 is 0 Å². The van der Waals surface area contributed by atoms with Gasteiger partial charge in [-0.15, -0.1) is 5.10 Å². The summed E-state index contributed by atoms with van der Waals surface area (Å²) < 4.78 is 13.9. The van der Waals surface area contributed by atoms with Crippen LogP contribution < -0.4 is 15.0 Å². The van der Waals surface area contributed by atoms with Crippen LogP contribution in [0.15, 0.2) is 61.6 Å². The lowest BCUT2D eigenvalue weighted by molar-refractivity contribution is -0.142. The fraction of sp³-hybridized carbons (Fsp3) is 0.300. The monoisotopic (exact) mass is 576 g/mol. The molecule has 3 atom stereocenters. The van der Waals surface area contributed by atoms with Crippen molar-refractivity contribution in [3.63, 3.8) is 0 Å². The minimum atomic E-state index is -0.360. The molecule has 3 aliphatic rings. The Kier molecular flexibility index (Phi) is 5.60. The molecule has 1 amide bonds. The number of fused-ring (bicyclic) bond motifs is 3. The lowest BCUT2D eigenvalue weighted by Crippen LogP contribution is -2.67. The Morgan fingerprint density at radius 1 is 1.19 bits per heavy atom. The minimum Gasteiger partial charge on any atom is -0.457 e. The number of amides is 1. The van der Waals surface area contributed by atoms with Gasteiger partial charge in [-0.05, 0) is 48.9 Å². The van der Waals surface area contributed by atoms with Gasteiger partial charge >= 0.3 is 0 Å². The number of piperazine rings is 1. The summed E-state index contributed by atoms with van der Waals surface area (Å²) in [6.45, 7) is 7.35. The van der Waals surface area contributed by atoms with Crippen molar-refractivity contribution in [3.05, 3.63) is 67.1 Å². The highest BCUT2D eigenvalue weighted by Gasteiger charge is 2.67. The Balaban J connectivity index is 1.05. The fourth-order valence-corrected chi connectivity index (χ4v) is 6.35. The lowest BCUT2D eigenvalue weighted by atomic mass is 10.0. The van der Waals surface area contributed by atoms with Crippen molar-refractivity contribution in [1.29, 1.82) is 0 Å². The molecule has 3 aromatic heterocycles. The standard InChI is InChI=1S/C30H28N10O3/c1-4-26(41)40-19-13-39(15-30(40)11-25(30)42-14-19)29-31-12-22-27(35-29)28(33-16-32-22)34-18-5-8-24(17(2)9-18)43-20-6-7-23-21(10-20)36-37-38(23)3/h4-10,12,16,19,25H,1,11,13-15H2,2-3H3,(H,32,33,34)/t19-,25?,30?/m1/s1. The minimum absolute atomic E-state index is 0.0292. The Bertz CT molecular complexity index is 1940. The number of carbonyl (C=O) groups excluding carboxylic acids is 1. The number of benzene rings is 2. The van der Waals surface area contributed by atoms with Crippen molar-refractivity contribution >= 4 is 45.4 Å². The van der Waals surface area contributed by atoms with Crippen LogP contribution in [-0.4, -0.2) is 83.1 Å². The molecule has 1 aliphatic carbocycles. The molecular weight excluding hydrogens is 548 g/mol. The molecule has 216 valence electrons. The average Bonchev–Trinajstić information content (AvgIpc) is 3.58. The van der Waals surface area contributed by atoms with Gasteiger partial charge in [0.05, 0.1) is 36.0 Å². The van der Waals surface area contributed by atoms with Crippen molar-refractivity contribution in [2.45, 2.75) is 31.0 Å². The number of hydrogen-bond donors (Lipinski definition) is 1. The van der Waals surface area contributed by atoms with Gasteiger partial charge in [-0.3, -0.25) is 4.79 Å². The van der Waals surface area contributed by atoms with E-state index in [1.165, 1.54) is 12.4 Å². The predicted molar refractivity (Wildman–Crippen MR) is 158 cm³/mol. The van der Waals surface area contributed by atoms with E-state index in [1.54, 1.807) is 10.9 Å². The quantitative estimate of drug-likeness (QED) is 0.298. The first-order valence-electron chi connectivity index (χ1n) is 14.1. The third-order valence-electron chi connectivity index (χ3n) is 8.52. The van der Waals surface area contributed by atoms with Gasteiger partial charge < -0.3 is 24.6 Å². The highest BCUT2D eigenvalue weighted by Crippen LogP contribution is 2.52. The number of ether oxygens (including phenoxy) is 2. The number of carbonyl (C=O) groups is 1. The number of rotatable bonds is 6. The molecule has 2 aliphatic heterocycles. The summed E-state index contributed by atoms with van der Waals surface area (Å²) in [6.07, 6.45) is 5.44. The van der Waals surface area contributed by atoms with Crippen LogP contribution in [0.3, 0.4) is 0 Å². The summed E-state index contributed by atoms with van der Waals surface area (Å²) in [5, 5.41) is 11.6. The van der Waals surface area contributed by atoms with E-state index in [-0.39, 0.29) is 23.6 Å². The van der Waals surface area contributed by atoms with Gasteiger partial charge in [-0.1, -0.05) is 11.8 Å². The molecule has 0 radical (unpaired) electrons.